The number of aryl methyl sites for hydroxylation is 2. The van der Waals surface area contributed by atoms with Crippen LogP contribution in [0.4, 0.5) is 0 Å². The van der Waals surface area contributed by atoms with Crippen molar-refractivity contribution in [3.05, 3.63) is 64.7 Å². The lowest BCUT2D eigenvalue weighted by Gasteiger charge is -2.10. The van der Waals surface area contributed by atoms with Gasteiger partial charge in [0, 0.05) is 11.1 Å². The van der Waals surface area contributed by atoms with Gasteiger partial charge in [-0.25, -0.2) is 0 Å². The largest absolute Gasteiger partial charge is 0.496 e. The fraction of sp³-hybridized carbons (Fsp3) is 0.176. The smallest absolute Gasteiger partial charge is 0.269 e. The molecule has 0 saturated heterocycles. The summed E-state index contributed by atoms with van der Waals surface area (Å²) in [5.74, 6) is -0.149. The maximum absolute atomic E-state index is 12.0. The Kier molecular flexibility index (Phi) is 4.78. The highest BCUT2D eigenvalue weighted by molar-refractivity contribution is 5.99. The Balaban J connectivity index is 2.00. The number of nitrogens with one attached hydrogen (secondary N) is 2. The molecule has 0 bridgehead atoms. The Hall–Kier alpha value is -2.82. The molecular formula is C17H18N2O3. The second-order valence-electron chi connectivity index (χ2n) is 4.96. The average molecular weight is 298 g/mol. The molecule has 22 heavy (non-hydrogen) atoms. The first-order valence-corrected chi connectivity index (χ1v) is 6.83. The minimum absolute atomic E-state index is 0.368. The highest BCUT2D eigenvalue weighted by Gasteiger charge is 2.10. The van der Waals surface area contributed by atoms with Crippen LogP contribution in [-0.4, -0.2) is 18.9 Å². The van der Waals surface area contributed by atoms with Crippen LogP contribution in [0.2, 0.25) is 0 Å². The van der Waals surface area contributed by atoms with E-state index in [-0.39, 0.29) is 5.91 Å². The van der Waals surface area contributed by atoms with E-state index in [0.717, 1.165) is 11.1 Å². The summed E-state index contributed by atoms with van der Waals surface area (Å²) in [6, 6.07) is 12.2. The number of rotatable bonds is 3. The van der Waals surface area contributed by atoms with E-state index >= 15 is 0 Å². The Labute approximate surface area is 129 Å². The molecule has 2 aromatic carbocycles. The molecule has 0 saturated carbocycles. The molecule has 5 nitrogen and oxygen atoms in total. The number of hydrogen-bond acceptors (Lipinski definition) is 3. The summed E-state index contributed by atoms with van der Waals surface area (Å²) < 4.78 is 5.17. The number of benzene rings is 2. The lowest BCUT2D eigenvalue weighted by molar-refractivity contribution is 0.0846. The molecule has 0 aromatic heterocycles. The van der Waals surface area contributed by atoms with Crippen LogP contribution in [-0.2, 0) is 0 Å². The summed E-state index contributed by atoms with van der Waals surface area (Å²) in [4.78, 5) is 24.0. The van der Waals surface area contributed by atoms with Crippen LogP contribution in [0.15, 0.2) is 42.5 Å². The van der Waals surface area contributed by atoms with Crippen LogP contribution in [0, 0.1) is 13.8 Å². The summed E-state index contributed by atoms with van der Waals surface area (Å²) in [6.07, 6.45) is 0. The normalized spacial score (nSPS) is 9.95. The van der Waals surface area contributed by atoms with Crippen LogP contribution in [0.3, 0.4) is 0 Å². The monoisotopic (exact) mass is 298 g/mol. The summed E-state index contributed by atoms with van der Waals surface area (Å²) in [5, 5.41) is 0. The second kappa shape index (κ2) is 6.76. The lowest BCUT2D eigenvalue weighted by Crippen LogP contribution is -2.41. The van der Waals surface area contributed by atoms with Crippen LogP contribution in [0.25, 0.3) is 0 Å². The van der Waals surface area contributed by atoms with Gasteiger partial charge in [-0.15, -0.1) is 0 Å². The van der Waals surface area contributed by atoms with Crippen molar-refractivity contribution in [1.29, 1.82) is 0 Å². The van der Waals surface area contributed by atoms with Crippen molar-refractivity contribution in [3.63, 3.8) is 0 Å². The first kappa shape index (κ1) is 15.6. The zero-order valence-corrected chi connectivity index (χ0v) is 12.8. The third-order valence-corrected chi connectivity index (χ3v) is 3.27. The van der Waals surface area contributed by atoms with E-state index in [2.05, 4.69) is 10.9 Å². The maximum Gasteiger partial charge on any atom is 0.269 e. The van der Waals surface area contributed by atoms with Crippen LogP contribution < -0.4 is 15.6 Å². The number of carbonyl (C=O) groups is 2. The standard InChI is InChI=1S/C17H18N2O3/c1-11-4-7-13(8-5-11)16(20)18-19-17(21)14-9-6-12(2)15(10-14)22-3/h4-10H,1-3H3,(H,18,20)(H,19,21). The quantitative estimate of drug-likeness (QED) is 0.855. The summed E-state index contributed by atoms with van der Waals surface area (Å²) >= 11 is 0. The van der Waals surface area contributed by atoms with Gasteiger partial charge in [0.2, 0.25) is 0 Å². The topological polar surface area (TPSA) is 67.4 Å². The molecule has 0 radical (unpaired) electrons. The van der Waals surface area contributed by atoms with Crippen molar-refractivity contribution in [2.75, 3.05) is 7.11 Å². The average Bonchev–Trinajstić information content (AvgIpc) is 2.53. The predicted molar refractivity (Wildman–Crippen MR) is 83.8 cm³/mol. The molecule has 0 aliphatic rings. The summed E-state index contributed by atoms with van der Waals surface area (Å²) in [5.41, 5.74) is 7.66. The van der Waals surface area contributed by atoms with Crippen molar-refractivity contribution >= 4 is 11.8 Å². The molecular weight excluding hydrogens is 280 g/mol. The molecule has 0 atom stereocenters. The van der Waals surface area contributed by atoms with Gasteiger partial charge < -0.3 is 4.74 Å². The molecule has 0 unspecified atom stereocenters. The van der Waals surface area contributed by atoms with Gasteiger partial charge in [0.15, 0.2) is 0 Å². The SMILES string of the molecule is COc1cc(C(=O)NNC(=O)c2ccc(C)cc2)ccc1C. The highest BCUT2D eigenvalue weighted by atomic mass is 16.5. The number of hydrogen-bond donors (Lipinski definition) is 2. The van der Waals surface area contributed by atoms with E-state index in [1.54, 1.807) is 37.4 Å². The Morgan fingerprint density at radius 2 is 1.41 bits per heavy atom. The molecule has 0 aliphatic carbocycles. The van der Waals surface area contributed by atoms with Gasteiger partial charge in [-0.1, -0.05) is 23.8 Å². The van der Waals surface area contributed by atoms with E-state index < -0.39 is 5.91 Å². The van der Waals surface area contributed by atoms with Crippen LogP contribution in [0.5, 0.6) is 5.75 Å². The fourth-order valence-electron chi connectivity index (χ4n) is 1.92. The number of ether oxygens (including phenoxy) is 1. The maximum atomic E-state index is 12.0. The molecule has 0 aliphatic heterocycles. The van der Waals surface area contributed by atoms with Crippen molar-refractivity contribution in [3.8, 4) is 5.75 Å². The van der Waals surface area contributed by atoms with Gasteiger partial charge in [0.25, 0.3) is 11.8 Å². The molecule has 2 N–H and O–H groups in total. The number of amides is 2. The van der Waals surface area contributed by atoms with Gasteiger partial charge in [-0.05, 0) is 43.7 Å². The van der Waals surface area contributed by atoms with Crippen molar-refractivity contribution in [2.45, 2.75) is 13.8 Å². The van der Waals surface area contributed by atoms with Crippen molar-refractivity contribution in [1.82, 2.24) is 10.9 Å². The minimum atomic E-state index is -0.404. The van der Waals surface area contributed by atoms with Crippen LogP contribution in [0.1, 0.15) is 31.8 Å². The van der Waals surface area contributed by atoms with Gasteiger partial charge >= 0.3 is 0 Å². The zero-order valence-electron chi connectivity index (χ0n) is 12.8. The molecule has 0 heterocycles. The Bertz CT molecular complexity index is 694. The van der Waals surface area contributed by atoms with Crippen molar-refractivity contribution < 1.29 is 14.3 Å². The van der Waals surface area contributed by atoms with Gasteiger partial charge in [0.1, 0.15) is 5.75 Å². The van der Waals surface area contributed by atoms with Gasteiger partial charge in [-0.2, -0.15) is 0 Å². The minimum Gasteiger partial charge on any atom is -0.496 e. The number of carbonyl (C=O) groups excluding carboxylic acids is 2. The Morgan fingerprint density at radius 1 is 0.864 bits per heavy atom. The molecule has 0 spiro atoms. The predicted octanol–water partition coefficient (Wildman–Crippen LogP) is 2.39. The van der Waals surface area contributed by atoms with E-state index in [1.165, 1.54) is 0 Å². The third kappa shape index (κ3) is 3.63. The Morgan fingerprint density at radius 3 is 2.00 bits per heavy atom. The van der Waals surface area contributed by atoms with E-state index in [1.807, 2.05) is 26.0 Å². The fourth-order valence-corrected chi connectivity index (χ4v) is 1.92. The first-order valence-electron chi connectivity index (χ1n) is 6.83. The molecule has 2 rings (SSSR count). The van der Waals surface area contributed by atoms with E-state index in [0.29, 0.717) is 16.9 Å². The first-order chi connectivity index (χ1) is 10.5. The third-order valence-electron chi connectivity index (χ3n) is 3.27. The number of methoxy groups -OCH3 is 1. The van der Waals surface area contributed by atoms with E-state index in [4.69, 9.17) is 4.74 Å². The molecule has 2 amide bonds. The summed E-state index contributed by atoms with van der Waals surface area (Å²) in [6.45, 7) is 3.83. The summed E-state index contributed by atoms with van der Waals surface area (Å²) in [7, 11) is 1.54. The number of hydrazine groups is 1. The van der Waals surface area contributed by atoms with Crippen molar-refractivity contribution in [2.24, 2.45) is 0 Å². The van der Waals surface area contributed by atoms with Gasteiger partial charge in [0.05, 0.1) is 7.11 Å². The molecule has 114 valence electrons. The molecule has 2 aromatic rings. The van der Waals surface area contributed by atoms with Gasteiger partial charge in [-0.3, -0.25) is 20.4 Å². The second-order valence-corrected chi connectivity index (χ2v) is 4.96. The van der Waals surface area contributed by atoms with E-state index in [9.17, 15) is 9.59 Å². The highest BCUT2D eigenvalue weighted by Crippen LogP contribution is 2.18. The molecule has 0 fully saturated rings. The van der Waals surface area contributed by atoms with Crippen LogP contribution >= 0.6 is 0 Å². The lowest BCUT2D eigenvalue weighted by atomic mass is 10.1. The molecule has 5 heteroatoms. The zero-order chi connectivity index (χ0) is 16.1.